The molecule has 1 N–H and O–H groups in total. The molecule has 1 amide bonds. The van der Waals surface area contributed by atoms with Gasteiger partial charge in [-0.1, -0.05) is 6.92 Å². The molecule has 1 aromatic rings. The topological polar surface area (TPSA) is 53.4 Å². The molecule has 3 rings (SSSR count). The fraction of sp³-hybridized carbons (Fsp3) is 0.765. The summed E-state index contributed by atoms with van der Waals surface area (Å²) in [5.41, 5.74) is 1.17. The Morgan fingerprint density at radius 3 is 2.92 bits per heavy atom. The fourth-order valence-corrected chi connectivity index (χ4v) is 3.56. The summed E-state index contributed by atoms with van der Waals surface area (Å²) in [5, 5.41) is 7.01. The molecular weight excluding hydrogens is 328 g/mol. The lowest BCUT2D eigenvalue weighted by Crippen LogP contribution is -2.45. The summed E-state index contributed by atoms with van der Waals surface area (Å²) in [6, 6.07) is -0.742. The van der Waals surface area contributed by atoms with Crippen LogP contribution in [-0.4, -0.2) is 70.2 Å². The molecule has 0 aromatic carbocycles. The number of alkyl halides is 2. The van der Waals surface area contributed by atoms with Crippen LogP contribution in [-0.2, 0) is 17.9 Å². The Labute approximate surface area is 147 Å². The largest absolute Gasteiger partial charge is 0.340 e. The van der Waals surface area contributed by atoms with E-state index in [4.69, 9.17) is 0 Å². The van der Waals surface area contributed by atoms with Gasteiger partial charge >= 0.3 is 0 Å². The van der Waals surface area contributed by atoms with E-state index < -0.39 is 18.5 Å². The monoisotopic (exact) mass is 355 g/mol. The van der Waals surface area contributed by atoms with E-state index in [1.807, 2.05) is 10.9 Å². The zero-order chi connectivity index (χ0) is 17.9. The Morgan fingerprint density at radius 2 is 2.20 bits per heavy atom. The van der Waals surface area contributed by atoms with Crippen LogP contribution < -0.4 is 5.32 Å². The summed E-state index contributed by atoms with van der Waals surface area (Å²) >= 11 is 0. The highest BCUT2D eigenvalue weighted by atomic mass is 19.3. The third-order valence-corrected chi connectivity index (χ3v) is 4.85. The summed E-state index contributed by atoms with van der Waals surface area (Å²) in [7, 11) is 0. The van der Waals surface area contributed by atoms with Gasteiger partial charge in [-0.05, 0) is 12.8 Å². The zero-order valence-corrected chi connectivity index (χ0v) is 14.8. The van der Waals surface area contributed by atoms with Gasteiger partial charge in [0.15, 0.2) is 0 Å². The Balaban J connectivity index is 1.50. The van der Waals surface area contributed by atoms with Crippen molar-refractivity contribution in [3.05, 3.63) is 18.0 Å². The first kappa shape index (κ1) is 18.3. The first-order valence-electron chi connectivity index (χ1n) is 9.10. The van der Waals surface area contributed by atoms with Crippen LogP contribution in [0.2, 0.25) is 0 Å². The van der Waals surface area contributed by atoms with Gasteiger partial charge in [0.1, 0.15) is 0 Å². The minimum absolute atomic E-state index is 0.185. The molecule has 2 fully saturated rings. The summed E-state index contributed by atoms with van der Waals surface area (Å²) in [6.07, 6.45) is 5.49. The predicted molar refractivity (Wildman–Crippen MR) is 90.3 cm³/mol. The van der Waals surface area contributed by atoms with E-state index >= 15 is 0 Å². The molecule has 0 spiro atoms. The third-order valence-electron chi connectivity index (χ3n) is 4.85. The van der Waals surface area contributed by atoms with Crippen molar-refractivity contribution in [3.63, 3.8) is 0 Å². The summed E-state index contributed by atoms with van der Waals surface area (Å²) in [4.78, 5) is 16.5. The maximum Gasteiger partial charge on any atom is 0.262 e. The van der Waals surface area contributed by atoms with Crippen LogP contribution in [0.1, 0.15) is 31.7 Å². The molecule has 1 unspecified atom stereocenters. The average molecular weight is 355 g/mol. The second kappa shape index (κ2) is 7.78. The first-order valence-corrected chi connectivity index (χ1v) is 9.10. The molecule has 1 aromatic heterocycles. The molecule has 0 radical (unpaired) electrons. The molecule has 0 saturated carbocycles. The maximum absolute atomic E-state index is 13.3. The molecule has 3 heterocycles. The highest BCUT2D eigenvalue weighted by Gasteiger charge is 2.43. The molecular formula is C17H27F2N5O. The second-order valence-electron chi connectivity index (χ2n) is 7.06. The number of carbonyl (C=O) groups is 1. The molecule has 8 heteroatoms. The molecule has 2 aliphatic rings. The van der Waals surface area contributed by atoms with Crippen molar-refractivity contribution in [2.45, 2.75) is 51.2 Å². The van der Waals surface area contributed by atoms with Gasteiger partial charge in [-0.2, -0.15) is 5.10 Å². The van der Waals surface area contributed by atoms with Crippen LogP contribution in [0.25, 0.3) is 0 Å². The van der Waals surface area contributed by atoms with Gasteiger partial charge in [0.05, 0.1) is 18.8 Å². The van der Waals surface area contributed by atoms with E-state index in [9.17, 15) is 13.6 Å². The number of aryl methyl sites for hydroxylation is 1. The van der Waals surface area contributed by atoms with Crippen molar-refractivity contribution < 1.29 is 13.6 Å². The Morgan fingerprint density at radius 1 is 1.36 bits per heavy atom. The highest BCUT2D eigenvalue weighted by molar-refractivity contribution is 5.82. The number of aromatic nitrogens is 2. The molecule has 2 aliphatic heterocycles. The van der Waals surface area contributed by atoms with Crippen molar-refractivity contribution in [2.24, 2.45) is 0 Å². The van der Waals surface area contributed by atoms with Gasteiger partial charge in [0, 0.05) is 57.4 Å². The minimum atomic E-state index is -2.77. The van der Waals surface area contributed by atoms with E-state index in [-0.39, 0.29) is 12.3 Å². The lowest BCUT2D eigenvalue weighted by atomic mass is 10.1. The van der Waals surface area contributed by atoms with Crippen LogP contribution in [0.3, 0.4) is 0 Å². The van der Waals surface area contributed by atoms with Crippen molar-refractivity contribution in [1.82, 2.24) is 24.9 Å². The van der Waals surface area contributed by atoms with Gasteiger partial charge in [-0.3, -0.25) is 19.7 Å². The Kier molecular flexibility index (Phi) is 5.68. The number of amides is 1. The van der Waals surface area contributed by atoms with Crippen molar-refractivity contribution in [1.29, 1.82) is 0 Å². The number of carbonyl (C=O) groups excluding carboxylic acids is 1. The van der Waals surface area contributed by atoms with E-state index in [0.29, 0.717) is 13.1 Å². The van der Waals surface area contributed by atoms with Crippen molar-refractivity contribution in [2.75, 3.05) is 32.7 Å². The van der Waals surface area contributed by atoms with Crippen LogP contribution >= 0.6 is 0 Å². The van der Waals surface area contributed by atoms with E-state index in [0.717, 1.165) is 39.0 Å². The zero-order valence-electron chi connectivity index (χ0n) is 14.8. The van der Waals surface area contributed by atoms with E-state index in [1.165, 1.54) is 5.56 Å². The quantitative estimate of drug-likeness (QED) is 0.866. The minimum Gasteiger partial charge on any atom is -0.340 e. The standard InChI is InChI=1S/C17H27F2N5O/c1-2-4-24-12-14(10-21-24)11-22-5-3-6-23(8-7-22)16(25)15-9-17(18,19)13-20-15/h10,12,15,20H,2-9,11,13H2,1H3. The maximum atomic E-state index is 13.3. The van der Waals surface area contributed by atoms with Gasteiger partial charge in [-0.25, -0.2) is 8.78 Å². The Hall–Kier alpha value is -1.54. The first-order chi connectivity index (χ1) is 12.0. The highest BCUT2D eigenvalue weighted by Crippen LogP contribution is 2.26. The fourth-order valence-electron chi connectivity index (χ4n) is 3.56. The number of nitrogens with zero attached hydrogens (tertiary/aromatic N) is 4. The average Bonchev–Trinajstić information content (AvgIpc) is 3.07. The summed E-state index contributed by atoms with van der Waals surface area (Å²) < 4.78 is 28.6. The van der Waals surface area contributed by atoms with Crippen LogP contribution in [0.4, 0.5) is 8.78 Å². The molecule has 1 atom stereocenters. The molecule has 0 bridgehead atoms. The summed E-state index contributed by atoms with van der Waals surface area (Å²) in [5.74, 6) is -2.95. The number of halogens is 2. The van der Waals surface area contributed by atoms with Crippen LogP contribution in [0.15, 0.2) is 12.4 Å². The molecule has 6 nitrogen and oxygen atoms in total. The smallest absolute Gasteiger partial charge is 0.262 e. The molecule has 25 heavy (non-hydrogen) atoms. The second-order valence-corrected chi connectivity index (χ2v) is 7.06. The third kappa shape index (κ3) is 4.76. The van der Waals surface area contributed by atoms with Gasteiger partial charge in [-0.15, -0.1) is 0 Å². The number of nitrogens with one attached hydrogen (secondary N) is 1. The SMILES string of the molecule is CCCn1cc(CN2CCCN(C(=O)C3CC(F)(F)CN3)CC2)cn1. The molecule has 2 saturated heterocycles. The summed E-state index contributed by atoms with van der Waals surface area (Å²) in [6.45, 7) is 6.33. The van der Waals surface area contributed by atoms with Crippen molar-refractivity contribution in [3.8, 4) is 0 Å². The van der Waals surface area contributed by atoms with Gasteiger partial charge in [0.2, 0.25) is 5.91 Å². The Bertz CT molecular complexity index is 591. The van der Waals surface area contributed by atoms with Gasteiger partial charge in [0.25, 0.3) is 5.92 Å². The van der Waals surface area contributed by atoms with E-state index in [1.54, 1.807) is 4.90 Å². The molecule has 140 valence electrons. The predicted octanol–water partition coefficient (Wildman–Crippen LogP) is 1.32. The van der Waals surface area contributed by atoms with E-state index in [2.05, 4.69) is 28.4 Å². The lowest BCUT2D eigenvalue weighted by Gasteiger charge is -2.24. The van der Waals surface area contributed by atoms with Crippen molar-refractivity contribution >= 4 is 5.91 Å². The molecule has 0 aliphatic carbocycles. The van der Waals surface area contributed by atoms with Crippen LogP contribution in [0, 0.1) is 0 Å². The number of rotatable bonds is 5. The normalized spacial score (nSPS) is 24.4. The number of hydrogen-bond acceptors (Lipinski definition) is 4. The van der Waals surface area contributed by atoms with Gasteiger partial charge < -0.3 is 4.90 Å². The van der Waals surface area contributed by atoms with Crippen LogP contribution in [0.5, 0.6) is 0 Å². The number of hydrogen-bond donors (Lipinski definition) is 1. The lowest BCUT2D eigenvalue weighted by molar-refractivity contribution is -0.133.